The molecule has 12 nitrogen and oxygen atoms in total. The minimum Gasteiger partial charge on any atom is -0.493 e. The Morgan fingerprint density at radius 1 is 0.891 bits per heavy atom. The zero-order chi connectivity index (χ0) is 39.9. The van der Waals surface area contributed by atoms with Crippen LogP contribution in [0.2, 0.25) is 0 Å². The van der Waals surface area contributed by atoms with Gasteiger partial charge < -0.3 is 39.7 Å². The third-order valence-electron chi connectivity index (χ3n) is 9.00. The molecule has 0 atom stereocenters. The minimum absolute atomic E-state index is 0.180. The number of amides is 2. The summed E-state index contributed by atoms with van der Waals surface area (Å²) in [6.07, 6.45) is 2.73. The molecule has 0 unspecified atom stereocenters. The Labute approximate surface area is 317 Å². The highest BCUT2D eigenvalue weighted by Crippen LogP contribution is 2.29. The molecule has 0 saturated carbocycles. The fraction of sp³-hybridized carbons (Fsp3) is 0.268. The van der Waals surface area contributed by atoms with Crippen LogP contribution in [0.15, 0.2) is 85.1 Å². The minimum atomic E-state index is -1.16. The number of methoxy groups -OCH3 is 2. The van der Waals surface area contributed by atoms with Crippen molar-refractivity contribution in [1.29, 1.82) is 0 Å². The number of nitrogens with zero attached hydrogens (tertiary/aromatic N) is 3. The summed E-state index contributed by atoms with van der Waals surface area (Å²) in [6, 6.07) is 21.0. The molecule has 0 radical (unpaired) electrons. The van der Waals surface area contributed by atoms with Gasteiger partial charge in [-0.25, -0.2) is 18.6 Å². The van der Waals surface area contributed by atoms with Gasteiger partial charge in [0.25, 0.3) is 11.8 Å². The normalized spacial score (nSPS) is 11.3. The number of nitrogens with one attached hydrogen (secondary N) is 3. The van der Waals surface area contributed by atoms with E-state index < -0.39 is 17.2 Å². The monoisotopic (exact) mass is 754 g/mol. The van der Waals surface area contributed by atoms with Crippen molar-refractivity contribution < 1.29 is 37.7 Å². The van der Waals surface area contributed by atoms with E-state index in [2.05, 4.69) is 25.5 Å². The van der Waals surface area contributed by atoms with Crippen molar-refractivity contribution in [3.8, 4) is 11.5 Å². The summed E-state index contributed by atoms with van der Waals surface area (Å²) in [6.45, 7) is 6.08. The summed E-state index contributed by atoms with van der Waals surface area (Å²) < 4.78 is 39.3. The van der Waals surface area contributed by atoms with Gasteiger partial charge in [-0.2, -0.15) is 0 Å². The van der Waals surface area contributed by atoms with Crippen LogP contribution >= 0.6 is 0 Å². The molecule has 288 valence electrons. The number of aromatic nitrogens is 3. The number of aromatic amines is 1. The van der Waals surface area contributed by atoms with E-state index in [-0.39, 0.29) is 23.5 Å². The van der Waals surface area contributed by atoms with Gasteiger partial charge in [0.1, 0.15) is 11.6 Å². The number of hydrogen-bond acceptors (Lipinski definition) is 7. The second kappa shape index (κ2) is 17.2. The van der Waals surface area contributed by atoms with Crippen LogP contribution in [0.1, 0.15) is 57.2 Å². The first-order valence-electron chi connectivity index (χ1n) is 17.4. The van der Waals surface area contributed by atoms with Gasteiger partial charge in [0.2, 0.25) is 5.82 Å². The Kier molecular flexibility index (Phi) is 12.5. The fourth-order valence-corrected chi connectivity index (χ4v) is 5.96. The predicted octanol–water partition coefficient (Wildman–Crippen LogP) is 7.11. The van der Waals surface area contributed by atoms with Gasteiger partial charge in [0.15, 0.2) is 11.5 Å². The smallest absolute Gasteiger partial charge is 0.371 e. The largest absolute Gasteiger partial charge is 0.493 e. The molecule has 2 aromatic heterocycles. The number of carboxylic acids is 1. The van der Waals surface area contributed by atoms with Gasteiger partial charge in [-0.3, -0.25) is 9.59 Å². The first-order valence-corrected chi connectivity index (χ1v) is 17.4. The van der Waals surface area contributed by atoms with Crippen LogP contribution in [0.3, 0.4) is 0 Å². The molecule has 0 spiro atoms. The average molecular weight is 755 g/mol. The highest BCUT2D eigenvalue weighted by atomic mass is 19.1. The lowest BCUT2D eigenvalue weighted by Crippen LogP contribution is -2.36. The number of fused-ring (bicyclic) bond motifs is 2. The number of carbonyl (C=O) groups excluding carboxylic acids is 2. The van der Waals surface area contributed by atoms with Crippen molar-refractivity contribution in [2.75, 3.05) is 46.7 Å². The molecule has 0 saturated heterocycles. The number of ether oxygens (including phenoxy) is 2. The van der Waals surface area contributed by atoms with E-state index >= 15 is 0 Å². The fourth-order valence-electron chi connectivity index (χ4n) is 5.96. The number of carbonyl (C=O) groups is 3. The summed E-state index contributed by atoms with van der Waals surface area (Å²) in [7, 11) is 7.11. The van der Waals surface area contributed by atoms with Gasteiger partial charge in [-0.15, -0.1) is 0 Å². The third kappa shape index (κ3) is 9.83. The average Bonchev–Trinajstić information content (AvgIpc) is 3.75. The van der Waals surface area contributed by atoms with Crippen molar-refractivity contribution in [3.63, 3.8) is 0 Å². The van der Waals surface area contributed by atoms with Crippen LogP contribution in [-0.2, 0) is 12.0 Å². The van der Waals surface area contributed by atoms with E-state index in [1.807, 2.05) is 63.0 Å². The summed E-state index contributed by atoms with van der Waals surface area (Å²) in [4.78, 5) is 44.9. The molecule has 4 N–H and O–H groups in total. The van der Waals surface area contributed by atoms with Crippen molar-refractivity contribution >= 4 is 45.4 Å². The van der Waals surface area contributed by atoms with Crippen molar-refractivity contribution in [1.82, 2.24) is 24.8 Å². The summed E-state index contributed by atoms with van der Waals surface area (Å²) >= 11 is 0. The second-order valence-corrected chi connectivity index (χ2v) is 13.8. The standard InChI is InChI=1S/C33H39FN4O4.C8H5FN2O2/c1-33(2,23-9-12-25(13-10-23)36-31(39)22-8-15-29(41-5)30(18-22)42-6)21-35-32(40)27-20-38(17-7-16-37(3)4)28-14-11-24(34)19-26(27)28;9-4-1-2-5-6(3-4)11-7(10-5)8(12)13/h8-15,18-20H,7,16-17,21H2,1-6H3,(H,35,40)(H,36,39);1-3H,(H,10,11)(H,12,13). The highest BCUT2D eigenvalue weighted by Gasteiger charge is 2.24. The zero-order valence-electron chi connectivity index (χ0n) is 31.5. The van der Waals surface area contributed by atoms with Crippen molar-refractivity contribution in [2.24, 2.45) is 0 Å². The lowest BCUT2D eigenvalue weighted by Gasteiger charge is -2.26. The molecule has 6 rings (SSSR count). The highest BCUT2D eigenvalue weighted by molar-refractivity contribution is 6.07. The SMILES string of the molecule is COc1ccc(C(=O)Nc2ccc(C(C)(C)CNC(=O)c3cn(CCCN(C)C)c4ccc(F)cc34)cc2)cc1OC.O=C(O)c1nc2ccc(F)cc2[nH]1. The van der Waals surface area contributed by atoms with E-state index in [1.54, 1.807) is 31.4 Å². The van der Waals surface area contributed by atoms with Crippen LogP contribution in [-0.4, -0.2) is 83.7 Å². The third-order valence-corrected chi connectivity index (χ3v) is 9.00. The van der Waals surface area contributed by atoms with Gasteiger partial charge in [0.05, 0.1) is 30.8 Å². The number of halogens is 2. The molecule has 4 aromatic carbocycles. The number of H-pyrrole nitrogens is 1. The zero-order valence-corrected chi connectivity index (χ0v) is 31.5. The Morgan fingerprint density at radius 3 is 2.25 bits per heavy atom. The lowest BCUT2D eigenvalue weighted by molar-refractivity contribution is 0.0684. The molecule has 55 heavy (non-hydrogen) atoms. The Hall–Kier alpha value is -6.28. The maximum atomic E-state index is 14.1. The summed E-state index contributed by atoms with van der Waals surface area (Å²) in [5.41, 5.74) is 3.79. The quantitative estimate of drug-likeness (QED) is 0.0975. The van der Waals surface area contributed by atoms with Crippen LogP contribution in [0, 0.1) is 11.6 Å². The molecule has 14 heteroatoms. The first-order chi connectivity index (χ1) is 26.2. The molecule has 0 bridgehead atoms. The van der Waals surface area contributed by atoms with Gasteiger partial charge in [-0.05, 0) is 99.4 Å². The summed E-state index contributed by atoms with van der Waals surface area (Å²) in [5, 5.41) is 15.1. The number of aromatic carboxylic acids is 1. The Bertz CT molecular complexity index is 2320. The van der Waals surface area contributed by atoms with E-state index in [4.69, 9.17) is 14.6 Å². The number of rotatable bonds is 13. The molecule has 2 heterocycles. The molecule has 0 fully saturated rings. The molecule has 0 aliphatic carbocycles. The topological polar surface area (TPSA) is 151 Å². The number of benzene rings is 4. The molecule has 6 aromatic rings. The number of aryl methyl sites for hydroxylation is 1. The number of anilines is 1. The van der Waals surface area contributed by atoms with Crippen LogP contribution in [0.4, 0.5) is 14.5 Å². The molecule has 2 amide bonds. The summed E-state index contributed by atoms with van der Waals surface area (Å²) in [5.74, 6) is -1.63. The molecule has 0 aliphatic rings. The van der Waals surface area contributed by atoms with Crippen LogP contribution in [0.5, 0.6) is 11.5 Å². The molecule has 0 aliphatic heterocycles. The Balaban J connectivity index is 0.000000373. The first kappa shape index (κ1) is 39.9. The van der Waals surface area contributed by atoms with E-state index in [0.717, 1.165) is 30.6 Å². The van der Waals surface area contributed by atoms with Gasteiger partial charge in [-0.1, -0.05) is 26.0 Å². The van der Waals surface area contributed by atoms with Crippen LogP contribution < -0.4 is 20.1 Å². The van der Waals surface area contributed by atoms with E-state index in [0.29, 0.717) is 51.3 Å². The number of hydrogen-bond donors (Lipinski definition) is 4. The maximum absolute atomic E-state index is 14.1. The lowest BCUT2D eigenvalue weighted by atomic mass is 9.84. The maximum Gasteiger partial charge on any atom is 0.371 e. The van der Waals surface area contributed by atoms with Gasteiger partial charge >= 0.3 is 5.97 Å². The van der Waals surface area contributed by atoms with Crippen LogP contribution in [0.25, 0.3) is 21.9 Å². The van der Waals surface area contributed by atoms with Crippen molar-refractivity contribution in [3.05, 3.63) is 119 Å². The van der Waals surface area contributed by atoms with E-state index in [1.165, 1.54) is 37.4 Å². The molecular formula is C41H44F2N6O6. The van der Waals surface area contributed by atoms with Gasteiger partial charge in [0, 0.05) is 46.9 Å². The van der Waals surface area contributed by atoms with Crippen molar-refractivity contribution in [2.45, 2.75) is 32.2 Å². The van der Waals surface area contributed by atoms with E-state index in [9.17, 15) is 23.2 Å². The number of carboxylic acid groups (broad SMARTS) is 1. The predicted molar refractivity (Wildman–Crippen MR) is 207 cm³/mol. The second-order valence-electron chi connectivity index (χ2n) is 13.8. The molecular weight excluding hydrogens is 710 g/mol. The number of imidazole rings is 1. The Morgan fingerprint density at radius 2 is 1.58 bits per heavy atom.